The van der Waals surface area contributed by atoms with E-state index >= 15 is 0 Å². The minimum Gasteiger partial charge on any atom is -0.376 e. The summed E-state index contributed by atoms with van der Waals surface area (Å²) < 4.78 is 62.4. The first-order chi connectivity index (χ1) is 9.19. The zero-order valence-electron chi connectivity index (χ0n) is 10.0. The maximum atomic E-state index is 12.2. The van der Waals surface area contributed by atoms with Gasteiger partial charge in [0.1, 0.15) is 5.75 Å². The molecule has 0 fully saturated rings. The molecule has 1 aliphatic rings. The van der Waals surface area contributed by atoms with E-state index in [0.717, 1.165) is 17.7 Å². The average Bonchev–Trinajstić information content (AvgIpc) is 2.47. The van der Waals surface area contributed by atoms with E-state index in [2.05, 4.69) is 9.50 Å². The van der Waals surface area contributed by atoms with Crippen molar-refractivity contribution in [1.82, 2.24) is 5.32 Å². The molecule has 1 heterocycles. The van der Waals surface area contributed by atoms with Crippen molar-refractivity contribution in [2.24, 2.45) is 0 Å². The number of fused-ring (bicyclic) bond motifs is 1. The Bertz CT molecular complexity index is 640. The maximum absolute atomic E-state index is 12.2. The van der Waals surface area contributed by atoms with Crippen LogP contribution in [0.15, 0.2) is 18.2 Å². The van der Waals surface area contributed by atoms with Gasteiger partial charge < -0.3 is 9.50 Å². The lowest BCUT2D eigenvalue weighted by molar-refractivity contribution is -0.120. The summed E-state index contributed by atoms with van der Waals surface area (Å²) in [5.41, 5.74) is -4.27. The second-order valence-corrected chi connectivity index (χ2v) is 5.73. The topological polar surface area (TPSA) is 72.5 Å². The molecule has 0 atom stereocenters. The number of halogens is 3. The predicted octanol–water partition coefficient (Wildman–Crippen LogP) is 1.13. The smallest absolute Gasteiger partial charge is 0.376 e. The molecule has 0 aromatic heterocycles. The van der Waals surface area contributed by atoms with Crippen molar-refractivity contribution in [2.75, 3.05) is 6.54 Å². The van der Waals surface area contributed by atoms with E-state index in [0.29, 0.717) is 18.5 Å². The van der Waals surface area contributed by atoms with Crippen molar-refractivity contribution in [3.05, 3.63) is 29.3 Å². The molecular weight excluding hydrogens is 299 g/mol. The number of carbonyl (C=O) groups excluding carboxylic acids is 1. The molecule has 0 aliphatic carbocycles. The number of alkyl halides is 3. The number of benzene rings is 1. The van der Waals surface area contributed by atoms with Crippen LogP contribution < -0.4 is 9.50 Å². The van der Waals surface area contributed by atoms with Crippen LogP contribution in [0.5, 0.6) is 5.75 Å². The first kappa shape index (κ1) is 14.6. The Morgan fingerprint density at radius 1 is 1.20 bits per heavy atom. The number of hydrogen-bond donors (Lipinski definition) is 1. The summed E-state index contributed by atoms with van der Waals surface area (Å²) >= 11 is 0. The van der Waals surface area contributed by atoms with Crippen LogP contribution >= 0.6 is 0 Å². The van der Waals surface area contributed by atoms with Gasteiger partial charge in [0, 0.05) is 6.54 Å². The van der Waals surface area contributed by atoms with E-state index in [1.165, 1.54) is 6.07 Å². The van der Waals surface area contributed by atoms with Crippen LogP contribution in [0.4, 0.5) is 13.2 Å². The van der Waals surface area contributed by atoms with E-state index < -0.39 is 21.4 Å². The fourth-order valence-electron chi connectivity index (χ4n) is 1.81. The van der Waals surface area contributed by atoms with Crippen molar-refractivity contribution in [1.29, 1.82) is 0 Å². The van der Waals surface area contributed by atoms with Crippen molar-refractivity contribution < 1.29 is 30.6 Å². The van der Waals surface area contributed by atoms with E-state index in [1.807, 2.05) is 0 Å². The van der Waals surface area contributed by atoms with Gasteiger partial charge in [-0.05, 0) is 29.7 Å². The Kier molecular flexibility index (Phi) is 3.63. The highest BCUT2D eigenvalue weighted by Gasteiger charge is 2.48. The standard InChI is InChI=1S/C11H10F3NO4S/c12-11(13,14)20(17,18)19-9-2-1-7-3-4-15-10(16)6-8(7)5-9/h1-2,5H,3-4,6H2,(H,15,16). The summed E-state index contributed by atoms with van der Waals surface area (Å²) in [5, 5.41) is 2.61. The molecule has 1 aliphatic heterocycles. The first-order valence-corrected chi connectivity index (χ1v) is 6.99. The van der Waals surface area contributed by atoms with Gasteiger partial charge >= 0.3 is 15.6 Å². The second-order valence-electron chi connectivity index (χ2n) is 4.19. The van der Waals surface area contributed by atoms with Gasteiger partial charge in [-0.25, -0.2) is 0 Å². The molecule has 0 bridgehead atoms. The van der Waals surface area contributed by atoms with Gasteiger partial charge in [-0.3, -0.25) is 4.79 Å². The molecule has 0 radical (unpaired) electrons. The van der Waals surface area contributed by atoms with Crippen LogP contribution in [0.1, 0.15) is 11.1 Å². The van der Waals surface area contributed by atoms with Gasteiger partial charge in [-0.15, -0.1) is 0 Å². The SMILES string of the molecule is O=C1Cc2cc(OS(=O)(=O)C(F)(F)F)ccc2CCN1. The normalized spacial score (nSPS) is 16.1. The number of hydrogen-bond acceptors (Lipinski definition) is 4. The molecule has 9 heteroatoms. The summed E-state index contributed by atoms with van der Waals surface area (Å²) in [4.78, 5) is 11.4. The lowest BCUT2D eigenvalue weighted by atomic mass is 10.0. The summed E-state index contributed by atoms with van der Waals surface area (Å²) in [6, 6.07) is 3.73. The monoisotopic (exact) mass is 309 g/mol. The van der Waals surface area contributed by atoms with Crippen LogP contribution in [0.3, 0.4) is 0 Å². The molecule has 0 saturated heterocycles. The predicted molar refractivity (Wildman–Crippen MR) is 62.5 cm³/mol. The molecule has 5 nitrogen and oxygen atoms in total. The zero-order valence-corrected chi connectivity index (χ0v) is 10.8. The number of carbonyl (C=O) groups is 1. The Morgan fingerprint density at radius 2 is 1.90 bits per heavy atom. The highest BCUT2D eigenvalue weighted by Crippen LogP contribution is 2.28. The van der Waals surface area contributed by atoms with Crippen molar-refractivity contribution in [3.8, 4) is 5.75 Å². The van der Waals surface area contributed by atoms with Gasteiger partial charge in [0.15, 0.2) is 0 Å². The van der Waals surface area contributed by atoms with Gasteiger partial charge in [0.2, 0.25) is 5.91 Å². The van der Waals surface area contributed by atoms with Crippen LogP contribution in [0.25, 0.3) is 0 Å². The molecule has 0 spiro atoms. The lowest BCUT2D eigenvalue weighted by Gasteiger charge is -2.11. The zero-order chi connectivity index (χ0) is 15.0. The van der Waals surface area contributed by atoms with Crippen LogP contribution in [0.2, 0.25) is 0 Å². The van der Waals surface area contributed by atoms with E-state index in [4.69, 9.17) is 0 Å². The Morgan fingerprint density at radius 3 is 2.55 bits per heavy atom. The first-order valence-electron chi connectivity index (χ1n) is 5.58. The Labute approximate surface area is 112 Å². The molecule has 2 rings (SSSR count). The third-order valence-electron chi connectivity index (χ3n) is 2.73. The summed E-state index contributed by atoms with van der Waals surface area (Å²) in [6.07, 6.45) is 0.492. The van der Waals surface area contributed by atoms with Crippen LogP contribution in [0, 0.1) is 0 Å². The van der Waals surface area contributed by atoms with E-state index in [1.54, 1.807) is 0 Å². The highest BCUT2D eigenvalue weighted by molar-refractivity contribution is 7.88. The third kappa shape index (κ3) is 3.03. The fraction of sp³-hybridized carbons (Fsp3) is 0.364. The van der Waals surface area contributed by atoms with Crippen LogP contribution in [-0.4, -0.2) is 26.4 Å². The molecule has 1 aromatic rings. The third-order valence-corrected chi connectivity index (χ3v) is 3.71. The summed E-state index contributed by atoms with van der Waals surface area (Å²) in [5.74, 6) is -0.740. The quantitative estimate of drug-likeness (QED) is 0.656. The number of rotatable bonds is 2. The number of nitrogens with one attached hydrogen (secondary N) is 1. The van der Waals surface area contributed by atoms with Crippen LogP contribution in [-0.2, 0) is 27.8 Å². The molecule has 1 N–H and O–H groups in total. The number of amides is 1. The summed E-state index contributed by atoms with van der Waals surface area (Å²) in [7, 11) is -5.70. The molecule has 1 aromatic carbocycles. The molecule has 0 unspecified atom stereocenters. The van der Waals surface area contributed by atoms with E-state index in [9.17, 15) is 26.4 Å². The van der Waals surface area contributed by atoms with Gasteiger partial charge in [-0.2, -0.15) is 21.6 Å². The summed E-state index contributed by atoms with van der Waals surface area (Å²) in [6.45, 7) is 0.423. The second kappa shape index (κ2) is 4.97. The largest absolute Gasteiger partial charge is 0.534 e. The molecule has 0 saturated carbocycles. The molecular formula is C11H10F3NO4S. The minimum absolute atomic E-state index is 0.0292. The maximum Gasteiger partial charge on any atom is 0.534 e. The van der Waals surface area contributed by atoms with Crippen molar-refractivity contribution in [3.63, 3.8) is 0 Å². The van der Waals surface area contributed by atoms with Gasteiger partial charge in [0.25, 0.3) is 0 Å². The Hall–Kier alpha value is -1.77. The molecule has 1 amide bonds. The average molecular weight is 309 g/mol. The molecule has 20 heavy (non-hydrogen) atoms. The van der Waals surface area contributed by atoms with Gasteiger partial charge in [0.05, 0.1) is 6.42 Å². The highest BCUT2D eigenvalue weighted by atomic mass is 32.2. The van der Waals surface area contributed by atoms with E-state index in [-0.39, 0.29) is 12.3 Å². The Balaban J connectivity index is 2.30. The van der Waals surface area contributed by atoms with Crippen molar-refractivity contribution >= 4 is 16.0 Å². The fourth-order valence-corrected chi connectivity index (χ4v) is 2.26. The minimum atomic E-state index is -5.70. The van der Waals surface area contributed by atoms with Gasteiger partial charge in [-0.1, -0.05) is 6.07 Å². The van der Waals surface area contributed by atoms with Crippen molar-refractivity contribution in [2.45, 2.75) is 18.3 Å². The lowest BCUT2D eigenvalue weighted by Crippen LogP contribution is -2.28. The molecule has 110 valence electrons.